The number of rotatable bonds is 2. The second kappa shape index (κ2) is 9.84. The number of hydrogen-bond acceptors (Lipinski definition) is 5. The first-order chi connectivity index (χ1) is 12.5. The standard InChI is InChI=1S/C14H17FN6O.2C2H6/c1-3-11(22)20-5-9(15)4-10(6-20)21-14-12(8(2)19-21)13(16)17-7-18-14;2*1-2/h3,7,9-10H,1,4-6H2,2H3,(H2,16,17,18);2*1-2H3. The molecule has 1 fully saturated rings. The molecule has 2 N–H and O–H groups in total. The predicted molar refractivity (Wildman–Crippen MR) is 102 cm³/mol. The smallest absolute Gasteiger partial charge is 0.246 e. The van der Waals surface area contributed by atoms with Crippen LogP contribution in [0.5, 0.6) is 0 Å². The van der Waals surface area contributed by atoms with E-state index in [1.165, 1.54) is 17.3 Å². The summed E-state index contributed by atoms with van der Waals surface area (Å²) >= 11 is 0. The fourth-order valence-electron chi connectivity index (χ4n) is 2.92. The first kappa shape index (κ1) is 21.5. The molecule has 8 heteroatoms. The quantitative estimate of drug-likeness (QED) is 0.827. The highest BCUT2D eigenvalue weighted by Gasteiger charge is 2.32. The van der Waals surface area contributed by atoms with E-state index >= 15 is 0 Å². The van der Waals surface area contributed by atoms with Crippen molar-refractivity contribution in [1.82, 2.24) is 24.6 Å². The van der Waals surface area contributed by atoms with Crippen LogP contribution in [0.3, 0.4) is 0 Å². The van der Waals surface area contributed by atoms with Gasteiger partial charge in [0.15, 0.2) is 5.65 Å². The Labute approximate surface area is 154 Å². The van der Waals surface area contributed by atoms with Crippen LogP contribution in [0.25, 0.3) is 11.0 Å². The van der Waals surface area contributed by atoms with Crippen molar-refractivity contribution in [3.8, 4) is 0 Å². The number of aryl methyl sites for hydroxylation is 1. The number of nitrogens with zero attached hydrogens (tertiary/aromatic N) is 5. The lowest BCUT2D eigenvalue weighted by molar-refractivity contribution is -0.129. The fraction of sp³-hybridized carbons (Fsp3) is 0.556. The highest BCUT2D eigenvalue weighted by molar-refractivity contribution is 5.88. The summed E-state index contributed by atoms with van der Waals surface area (Å²) in [5.74, 6) is 0.0649. The molecular formula is C18H29FN6O. The predicted octanol–water partition coefficient (Wildman–Crippen LogP) is 3.07. The summed E-state index contributed by atoms with van der Waals surface area (Å²) in [5.41, 5.74) is 7.12. The van der Waals surface area contributed by atoms with Crippen LogP contribution in [0.15, 0.2) is 19.0 Å². The van der Waals surface area contributed by atoms with Crippen LogP contribution >= 0.6 is 0 Å². The van der Waals surface area contributed by atoms with E-state index in [4.69, 9.17) is 5.73 Å². The molecule has 1 amide bonds. The number of carbonyl (C=O) groups is 1. The van der Waals surface area contributed by atoms with E-state index in [0.717, 1.165) is 0 Å². The number of carbonyl (C=O) groups excluding carboxylic acids is 1. The average Bonchev–Trinajstić information content (AvgIpc) is 3.02. The fourth-order valence-corrected chi connectivity index (χ4v) is 2.92. The largest absolute Gasteiger partial charge is 0.383 e. The number of fused-ring (bicyclic) bond motifs is 1. The van der Waals surface area contributed by atoms with Gasteiger partial charge in [-0.15, -0.1) is 0 Å². The maximum absolute atomic E-state index is 14.0. The van der Waals surface area contributed by atoms with Gasteiger partial charge in [0, 0.05) is 13.0 Å². The molecule has 2 aromatic heterocycles. The molecular weight excluding hydrogens is 335 g/mol. The van der Waals surface area contributed by atoms with Gasteiger partial charge < -0.3 is 10.6 Å². The third-order valence-corrected chi connectivity index (χ3v) is 3.90. The topological polar surface area (TPSA) is 89.9 Å². The van der Waals surface area contributed by atoms with Crippen LogP contribution in [0.2, 0.25) is 0 Å². The van der Waals surface area contributed by atoms with Gasteiger partial charge in [-0.1, -0.05) is 34.3 Å². The minimum atomic E-state index is -1.11. The van der Waals surface area contributed by atoms with Crippen molar-refractivity contribution in [2.45, 2.75) is 53.3 Å². The van der Waals surface area contributed by atoms with E-state index in [1.807, 2.05) is 27.7 Å². The number of hydrogen-bond donors (Lipinski definition) is 1. The van der Waals surface area contributed by atoms with Gasteiger partial charge in [-0.2, -0.15) is 5.10 Å². The first-order valence-corrected chi connectivity index (χ1v) is 9.02. The second-order valence-corrected chi connectivity index (χ2v) is 5.42. The molecule has 7 nitrogen and oxygen atoms in total. The minimum absolute atomic E-state index is 0.0800. The molecule has 0 saturated carbocycles. The third-order valence-electron chi connectivity index (χ3n) is 3.90. The summed E-state index contributed by atoms with van der Waals surface area (Å²) in [5, 5.41) is 5.10. The van der Waals surface area contributed by atoms with Crippen molar-refractivity contribution in [3.63, 3.8) is 0 Å². The maximum atomic E-state index is 14.0. The lowest BCUT2D eigenvalue weighted by Gasteiger charge is -2.34. The summed E-state index contributed by atoms with van der Waals surface area (Å²) in [6, 6.07) is -0.293. The first-order valence-electron chi connectivity index (χ1n) is 9.02. The highest BCUT2D eigenvalue weighted by Crippen LogP contribution is 2.29. The van der Waals surface area contributed by atoms with Gasteiger partial charge in [0.1, 0.15) is 18.3 Å². The molecule has 3 heterocycles. The summed E-state index contributed by atoms with van der Waals surface area (Å²) < 4.78 is 15.7. The van der Waals surface area contributed by atoms with Crippen LogP contribution in [-0.2, 0) is 4.79 Å². The van der Waals surface area contributed by atoms with Crippen LogP contribution in [0.4, 0.5) is 10.2 Å². The van der Waals surface area contributed by atoms with Gasteiger partial charge in [-0.05, 0) is 13.0 Å². The van der Waals surface area contributed by atoms with Gasteiger partial charge in [-0.3, -0.25) is 4.79 Å². The van der Waals surface area contributed by atoms with E-state index in [0.29, 0.717) is 29.1 Å². The normalized spacial score (nSPS) is 19.1. The molecule has 0 spiro atoms. The van der Waals surface area contributed by atoms with E-state index < -0.39 is 6.17 Å². The summed E-state index contributed by atoms with van der Waals surface area (Å²) in [6.07, 6.45) is 1.72. The highest BCUT2D eigenvalue weighted by atomic mass is 19.1. The number of piperidine rings is 1. The molecule has 1 aliphatic rings. The molecule has 2 atom stereocenters. The average molecular weight is 364 g/mol. The number of nitrogens with two attached hydrogens (primary N) is 1. The molecule has 1 saturated heterocycles. The van der Waals surface area contributed by atoms with Crippen molar-refractivity contribution < 1.29 is 9.18 Å². The van der Waals surface area contributed by atoms with Gasteiger partial charge in [0.25, 0.3) is 0 Å². The molecule has 2 unspecified atom stereocenters. The third kappa shape index (κ3) is 4.36. The number of nitrogen functional groups attached to an aromatic ring is 1. The van der Waals surface area contributed by atoms with Crippen molar-refractivity contribution >= 4 is 22.8 Å². The van der Waals surface area contributed by atoms with Crippen LogP contribution < -0.4 is 5.73 Å². The van der Waals surface area contributed by atoms with E-state index in [2.05, 4.69) is 21.6 Å². The molecule has 0 bridgehead atoms. The van der Waals surface area contributed by atoms with E-state index in [-0.39, 0.29) is 24.9 Å². The molecule has 144 valence electrons. The van der Waals surface area contributed by atoms with E-state index in [9.17, 15) is 9.18 Å². The zero-order valence-corrected chi connectivity index (χ0v) is 16.2. The molecule has 0 radical (unpaired) electrons. The number of amides is 1. The Kier molecular flexibility index (Phi) is 8.15. The molecule has 0 aliphatic carbocycles. The van der Waals surface area contributed by atoms with Crippen LogP contribution in [0.1, 0.15) is 45.9 Å². The number of likely N-dealkylation sites (tertiary alicyclic amines) is 1. The van der Waals surface area contributed by atoms with Crippen LogP contribution in [0, 0.1) is 6.92 Å². The van der Waals surface area contributed by atoms with Crippen molar-refractivity contribution in [2.24, 2.45) is 0 Å². The number of anilines is 1. The minimum Gasteiger partial charge on any atom is -0.383 e. The Morgan fingerprint density at radius 3 is 2.58 bits per heavy atom. The lowest BCUT2D eigenvalue weighted by atomic mass is 10.0. The summed E-state index contributed by atoms with van der Waals surface area (Å²) in [7, 11) is 0. The number of aromatic nitrogens is 4. The molecule has 26 heavy (non-hydrogen) atoms. The summed E-state index contributed by atoms with van der Waals surface area (Å²) in [6.45, 7) is 13.7. The Balaban J connectivity index is 0.000000791. The maximum Gasteiger partial charge on any atom is 0.246 e. The zero-order valence-electron chi connectivity index (χ0n) is 16.2. The van der Waals surface area contributed by atoms with Gasteiger partial charge in [0.2, 0.25) is 5.91 Å². The second-order valence-electron chi connectivity index (χ2n) is 5.42. The van der Waals surface area contributed by atoms with Gasteiger partial charge in [0.05, 0.1) is 23.7 Å². The zero-order chi connectivity index (χ0) is 19.9. The SMILES string of the molecule is C=CC(=O)N1CC(F)CC(n2nc(C)c3c(N)ncnc32)C1.CC.CC. The van der Waals surface area contributed by atoms with Gasteiger partial charge in [-0.25, -0.2) is 19.0 Å². The Morgan fingerprint density at radius 1 is 1.31 bits per heavy atom. The van der Waals surface area contributed by atoms with Gasteiger partial charge >= 0.3 is 0 Å². The van der Waals surface area contributed by atoms with E-state index in [1.54, 1.807) is 11.6 Å². The lowest BCUT2D eigenvalue weighted by Crippen LogP contribution is -2.45. The van der Waals surface area contributed by atoms with Crippen LogP contribution in [-0.4, -0.2) is 49.8 Å². The Hall–Kier alpha value is -2.51. The molecule has 1 aliphatic heterocycles. The molecule has 0 aromatic carbocycles. The monoisotopic (exact) mass is 364 g/mol. The molecule has 3 rings (SSSR count). The molecule has 2 aromatic rings. The van der Waals surface area contributed by atoms with Crippen molar-refractivity contribution in [3.05, 3.63) is 24.7 Å². The Morgan fingerprint density at radius 2 is 1.96 bits per heavy atom. The number of halogens is 1. The summed E-state index contributed by atoms with van der Waals surface area (Å²) in [4.78, 5) is 21.4. The number of alkyl halides is 1. The van der Waals surface area contributed by atoms with Crippen molar-refractivity contribution in [2.75, 3.05) is 18.8 Å². The van der Waals surface area contributed by atoms with Crippen molar-refractivity contribution in [1.29, 1.82) is 0 Å². The Bertz CT molecular complexity index is 745.